The monoisotopic (exact) mass is 245 g/mol. The fourth-order valence-electron chi connectivity index (χ4n) is 1.88. The summed E-state index contributed by atoms with van der Waals surface area (Å²) in [5, 5.41) is 9.13. The SMILES string of the molecule is Cc1ccc(CN(C)c2ccccc2C(=O)O)o1. The lowest BCUT2D eigenvalue weighted by atomic mass is 10.1. The first-order valence-electron chi connectivity index (χ1n) is 5.66. The van der Waals surface area contributed by atoms with Crippen LogP contribution in [0.25, 0.3) is 0 Å². The molecule has 2 aromatic rings. The Bertz CT molecular complexity index is 560. The zero-order chi connectivity index (χ0) is 13.1. The molecule has 0 aliphatic rings. The van der Waals surface area contributed by atoms with Crippen LogP contribution in [0, 0.1) is 6.92 Å². The van der Waals surface area contributed by atoms with Crippen LogP contribution in [0.1, 0.15) is 21.9 Å². The molecule has 0 unspecified atom stereocenters. The number of aryl methyl sites for hydroxylation is 1. The molecule has 1 aromatic heterocycles. The number of carboxylic acids is 1. The van der Waals surface area contributed by atoms with Crippen molar-refractivity contribution < 1.29 is 14.3 Å². The van der Waals surface area contributed by atoms with E-state index in [-0.39, 0.29) is 0 Å². The Hall–Kier alpha value is -2.23. The van der Waals surface area contributed by atoms with Crippen molar-refractivity contribution in [3.8, 4) is 0 Å². The van der Waals surface area contributed by atoms with E-state index in [0.717, 1.165) is 11.5 Å². The minimum Gasteiger partial charge on any atom is -0.478 e. The number of hydrogen-bond acceptors (Lipinski definition) is 3. The summed E-state index contributed by atoms with van der Waals surface area (Å²) in [5.74, 6) is 0.744. The number of rotatable bonds is 4. The standard InChI is InChI=1S/C14H15NO3/c1-10-7-8-11(18-10)9-15(2)13-6-4-3-5-12(13)14(16)17/h3-8H,9H2,1-2H3,(H,16,17). The van der Waals surface area contributed by atoms with E-state index < -0.39 is 5.97 Å². The third-order valence-corrected chi connectivity index (χ3v) is 2.73. The summed E-state index contributed by atoms with van der Waals surface area (Å²) in [6, 6.07) is 10.7. The molecule has 94 valence electrons. The van der Waals surface area contributed by atoms with E-state index in [1.54, 1.807) is 18.2 Å². The fourth-order valence-corrected chi connectivity index (χ4v) is 1.88. The molecule has 0 amide bonds. The number of benzene rings is 1. The van der Waals surface area contributed by atoms with Crippen LogP contribution in [0.2, 0.25) is 0 Å². The summed E-state index contributed by atoms with van der Waals surface area (Å²) < 4.78 is 5.49. The second kappa shape index (κ2) is 4.96. The molecular formula is C14H15NO3. The zero-order valence-electron chi connectivity index (χ0n) is 10.4. The fraction of sp³-hybridized carbons (Fsp3) is 0.214. The molecule has 0 aliphatic heterocycles. The molecule has 1 N–H and O–H groups in total. The van der Waals surface area contributed by atoms with Crippen LogP contribution >= 0.6 is 0 Å². The summed E-state index contributed by atoms with van der Waals surface area (Å²) in [6.45, 7) is 2.42. The molecule has 0 bridgehead atoms. The molecule has 2 rings (SSSR count). The number of nitrogens with zero attached hydrogens (tertiary/aromatic N) is 1. The number of furan rings is 1. The van der Waals surface area contributed by atoms with Crippen molar-refractivity contribution in [2.45, 2.75) is 13.5 Å². The van der Waals surface area contributed by atoms with Gasteiger partial charge < -0.3 is 14.4 Å². The van der Waals surface area contributed by atoms with E-state index in [9.17, 15) is 4.79 Å². The first-order chi connectivity index (χ1) is 8.58. The summed E-state index contributed by atoms with van der Waals surface area (Å²) in [6.07, 6.45) is 0. The van der Waals surface area contributed by atoms with Gasteiger partial charge in [-0.25, -0.2) is 4.79 Å². The quantitative estimate of drug-likeness (QED) is 0.899. The number of hydrogen-bond donors (Lipinski definition) is 1. The van der Waals surface area contributed by atoms with Crippen molar-refractivity contribution in [2.24, 2.45) is 0 Å². The highest BCUT2D eigenvalue weighted by Gasteiger charge is 2.13. The largest absolute Gasteiger partial charge is 0.478 e. The van der Waals surface area contributed by atoms with E-state index in [0.29, 0.717) is 17.8 Å². The van der Waals surface area contributed by atoms with Gasteiger partial charge in [-0.05, 0) is 31.2 Å². The van der Waals surface area contributed by atoms with Crippen LogP contribution in [0.15, 0.2) is 40.8 Å². The summed E-state index contributed by atoms with van der Waals surface area (Å²) in [4.78, 5) is 13.0. The minimum absolute atomic E-state index is 0.295. The third-order valence-electron chi connectivity index (χ3n) is 2.73. The molecule has 0 atom stereocenters. The number of anilines is 1. The van der Waals surface area contributed by atoms with Gasteiger partial charge in [-0.15, -0.1) is 0 Å². The predicted octanol–water partition coefficient (Wildman–Crippen LogP) is 2.92. The van der Waals surface area contributed by atoms with Crippen molar-refractivity contribution >= 4 is 11.7 Å². The van der Waals surface area contributed by atoms with Gasteiger partial charge in [-0.2, -0.15) is 0 Å². The number of aromatic carboxylic acids is 1. The van der Waals surface area contributed by atoms with Crippen molar-refractivity contribution in [1.82, 2.24) is 0 Å². The molecular weight excluding hydrogens is 230 g/mol. The maximum absolute atomic E-state index is 11.1. The topological polar surface area (TPSA) is 53.7 Å². The molecule has 0 spiro atoms. The van der Waals surface area contributed by atoms with Crippen LogP contribution in [-0.2, 0) is 6.54 Å². The lowest BCUT2D eigenvalue weighted by molar-refractivity contribution is 0.0697. The molecule has 1 aromatic carbocycles. The van der Waals surface area contributed by atoms with Gasteiger partial charge in [0.2, 0.25) is 0 Å². The lowest BCUT2D eigenvalue weighted by Gasteiger charge is -2.19. The summed E-state index contributed by atoms with van der Waals surface area (Å²) in [7, 11) is 1.85. The number of carbonyl (C=O) groups is 1. The predicted molar refractivity (Wildman–Crippen MR) is 69.0 cm³/mol. The average molecular weight is 245 g/mol. The van der Waals surface area contributed by atoms with Crippen LogP contribution < -0.4 is 4.90 Å². The minimum atomic E-state index is -0.923. The van der Waals surface area contributed by atoms with E-state index >= 15 is 0 Å². The molecule has 0 saturated heterocycles. The molecule has 4 nitrogen and oxygen atoms in total. The van der Waals surface area contributed by atoms with Gasteiger partial charge in [-0.3, -0.25) is 0 Å². The Morgan fingerprint density at radius 3 is 2.61 bits per heavy atom. The Balaban J connectivity index is 2.23. The van der Waals surface area contributed by atoms with E-state index in [4.69, 9.17) is 9.52 Å². The van der Waals surface area contributed by atoms with Gasteiger partial charge in [0.25, 0.3) is 0 Å². The summed E-state index contributed by atoms with van der Waals surface area (Å²) >= 11 is 0. The second-order valence-electron chi connectivity index (χ2n) is 4.19. The van der Waals surface area contributed by atoms with Crippen LogP contribution in [-0.4, -0.2) is 18.1 Å². The molecule has 0 saturated carbocycles. The summed E-state index contributed by atoms with van der Waals surface area (Å²) in [5.41, 5.74) is 0.974. The molecule has 0 aliphatic carbocycles. The highest BCUT2D eigenvalue weighted by molar-refractivity contribution is 5.94. The van der Waals surface area contributed by atoms with Crippen LogP contribution in [0.4, 0.5) is 5.69 Å². The van der Waals surface area contributed by atoms with Gasteiger partial charge in [-0.1, -0.05) is 12.1 Å². The first kappa shape index (κ1) is 12.2. The number of carboxylic acid groups (broad SMARTS) is 1. The Kier molecular flexibility index (Phi) is 3.37. The second-order valence-corrected chi connectivity index (χ2v) is 4.19. The van der Waals surface area contributed by atoms with Crippen molar-refractivity contribution in [3.05, 3.63) is 53.5 Å². The Morgan fingerprint density at radius 2 is 2.00 bits per heavy atom. The van der Waals surface area contributed by atoms with Crippen molar-refractivity contribution in [1.29, 1.82) is 0 Å². The zero-order valence-corrected chi connectivity index (χ0v) is 10.4. The molecule has 0 fully saturated rings. The van der Waals surface area contributed by atoms with Gasteiger partial charge in [0.15, 0.2) is 0 Å². The smallest absolute Gasteiger partial charge is 0.337 e. The van der Waals surface area contributed by atoms with Gasteiger partial charge in [0, 0.05) is 7.05 Å². The van der Waals surface area contributed by atoms with Crippen molar-refractivity contribution in [2.75, 3.05) is 11.9 Å². The molecule has 0 radical (unpaired) electrons. The normalized spacial score (nSPS) is 10.3. The van der Waals surface area contributed by atoms with Crippen molar-refractivity contribution in [3.63, 3.8) is 0 Å². The van der Waals surface area contributed by atoms with Gasteiger partial charge in [0.1, 0.15) is 11.5 Å². The maximum Gasteiger partial charge on any atom is 0.337 e. The Morgan fingerprint density at radius 1 is 1.28 bits per heavy atom. The lowest BCUT2D eigenvalue weighted by Crippen LogP contribution is -2.18. The highest BCUT2D eigenvalue weighted by atomic mass is 16.4. The molecule has 1 heterocycles. The number of para-hydroxylation sites is 1. The molecule has 4 heteroatoms. The third kappa shape index (κ3) is 2.53. The van der Waals surface area contributed by atoms with E-state index in [1.807, 2.05) is 37.1 Å². The van der Waals surface area contributed by atoms with Crippen LogP contribution in [0.3, 0.4) is 0 Å². The van der Waals surface area contributed by atoms with E-state index in [1.165, 1.54) is 0 Å². The van der Waals surface area contributed by atoms with E-state index in [2.05, 4.69) is 0 Å². The first-order valence-corrected chi connectivity index (χ1v) is 5.66. The maximum atomic E-state index is 11.1. The van der Waals surface area contributed by atoms with Crippen LogP contribution in [0.5, 0.6) is 0 Å². The van der Waals surface area contributed by atoms with Gasteiger partial charge >= 0.3 is 5.97 Å². The average Bonchev–Trinajstić information content (AvgIpc) is 2.74. The highest BCUT2D eigenvalue weighted by Crippen LogP contribution is 2.21. The van der Waals surface area contributed by atoms with Gasteiger partial charge in [0.05, 0.1) is 17.8 Å². The Labute approximate surface area is 105 Å². The molecule has 18 heavy (non-hydrogen) atoms.